The molecule has 0 aromatic carbocycles. The van der Waals surface area contributed by atoms with Gasteiger partial charge in [0, 0.05) is 5.69 Å². The Balaban J connectivity index is 2.33. The molecule has 90 valence electrons. The first-order valence-electron chi connectivity index (χ1n) is 4.95. The highest BCUT2D eigenvalue weighted by Gasteiger charge is 2.18. The molecule has 0 spiro atoms. The summed E-state index contributed by atoms with van der Waals surface area (Å²) in [5.74, 6) is 0.297. The van der Waals surface area contributed by atoms with E-state index >= 15 is 0 Å². The largest absolute Gasteiger partial charge is 0.281 e. The van der Waals surface area contributed by atoms with E-state index in [-0.39, 0.29) is 4.90 Å². The Kier molecular flexibility index (Phi) is 2.84. The molecule has 0 atom stereocenters. The number of nitrogens with one attached hydrogen (secondary N) is 2. The number of anilines is 1. The smallest absolute Gasteiger partial charge is 0.266 e. The van der Waals surface area contributed by atoms with Gasteiger partial charge in [-0.25, -0.2) is 13.4 Å². The first-order valence-corrected chi connectivity index (χ1v) is 6.44. The van der Waals surface area contributed by atoms with Gasteiger partial charge in [-0.05, 0) is 26.0 Å². The Morgan fingerprint density at radius 1 is 1.29 bits per heavy atom. The second-order valence-electron chi connectivity index (χ2n) is 3.63. The van der Waals surface area contributed by atoms with Gasteiger partial charge in [-0.3, -0.25) is 9.82 Å². The maximum atomic E-state index is 12.0. The van der Waals surface area contributed by atoms with Gasteiger partial charge in [0.05, 0.1) is 11.9 Å². The lowest BCUT2D eigenvalue weighted by Gasteiger charge is -2.06. The van der Waals surface area contributed by atoms with Crippen LogP contribution in [0, 0.1) is 13.8 Å². The number of rotatable bonds is 3. The van der Waals surface area contributed by atoms with Crippen molar-refractivity contribution in [2.24, 2.45) is 0 Å². The van der Waals surface area contributed by atoms with E-state index in [0.717, 1.165) is 5.69 Å². The van der Waals surface area contributed by atoms with Crippen LogP contribution < -0.4 is 4.72 Å². The van der Waals surface area contributed by atoms with Gasteiger partial charge in [0.25, 0.3) is 10.0 Å². The van der Waals surface area contributed by atoms with Crippen molar-refractivity contribution >= 4 is 15.8 Å². The quantitative estimate of drug-likeness (QED) is 0.859. The van der Waals surface area contributed by atoms with Crippen LogP contribution in [-0.2, 0) is 10.0 Å². The third kappa shape index (κ3) is 2.44. The Morgan fingerprint density at radius 3 is 2.65 bits per heavy atom. The Bertz CT molecular complexity index is 633. The highest BCUT2D eigenvalue weighted by atomic mass is 32.2. The molecule has 7 heteroatoms. The minimum atomic E-state index is -3.62. The second kappa shape index (κ2) is 4.17. The van der Waals surface area contributed by atoms with E-state index in [4.69, 9.17) is 0 Å². The number of aryl methyl sites for hydroxylation is 2. The molecular weight excluding hydrogens is 240 g/mol. The Hall–Kier alpha value is -1.89. The van der Waals surface area contributed by atoms with Crippen LogP contribution in [0.1, 0.15) is 11.4 Å². The highest BCUT2D eigenvalue weighted by molar-refractivity contribution is 7.92. The van der Waals surface area contributed by atoms with Crippen LogP contribution in [0.3, 0.4) is 0 Å². The molecule has 0 unspecified atom stereocenters. The lowest BCUT2D eigenvalue weighted by Crippen LogP contribution is -2.14. The highest BCUT2D eigenvalue weighted by Crippen LogP contribution is 2.15. The third-order valence-corrected chi connectivity index (χ3v) is 3.67. The van der Waals surface area contributed by atoms with E-state index in [1.54, 1.807) is 32.0 Å². The van der Waals surface area contributed by atoms with Crippen LogP contribution in [0.15, 0.2) is 29.3 Å². The number of aromatic amines is 1. The fraction of sp³-hybridized carbons (Fsp3) is 0.200. The summed E-state index contributed by atoms with van der Waals surface area (Å²) in [5.41, 5.74) is 1.24. The molecule has 17 heavy (non-hydrogen) atoms. The maximum Gasteiger partial charge on any atom is 0.266 e. The van der Waals surface area contributed by atoms with Crippen LogP contribution in [0.5, 0.6) is 0 Å². The van der Waals surface area contributed by atoms with Crippen LogP contribution in [-0.4, -0.2) is 23.6 Å². The molecule has 0 fully saturated rings. The Morgan fingerprint density at radius 2 is 2.06 bits per heavy atom. The molecule has 6 nitrogen and oxygen atoms in total. The van der Waals surface area contributed by atoms with E-state index in [0.29, 0.717) is 11.5 Å². The van der Waals surface area contributed by atoms with E-state index in [1.807, 2.05) is 0 Å². The summed E-state index contributed by atoms with van der Waals surface area (Å²) in [5, 5.41) is 6.26. The van der Waals surface area contributed by atoms with Crippen molar-refractivity contribution in [3.63, 3.8) is 0 Å². The first kappa shape index (κ1) is 11.6. The predicted molar refractivity (Wildman–Crippen MR) is 63.1 cm³/mol. The van der Waals surface area contributed by atoms with E-state index in [9.17, 15) is 8.42 Å². The molecule has 2 heterocycles. The molecule has 2 aromatic rings. The van der Waals surface area contributed by atoms with Crippen molar-refractivity contribution in [3.8, 4) is 0 Å². The monoisotopic (exact) mass is 252 g/mol. The number of aromatic nitrogens is 3. The van der Waals surface area contributed by atoms with E-state index < -0.39 is 10.0 Å². The molecular formula is C10H12N4O2S. The molecule has 0 aliphatic heterocycles. The van der Waals surface area contributed by atoms with E-state index in [2.05, 4.69) is 19.9 Å². The average molecular weight is 252 g/mol. The predicted octanol–water partition coefficient (Wildman–Crippen LogP) is 1.22. The SMILES string of the molecule is Cc1cccc(NS(=O)(=O)c2cn[nH]c2C)n1. The molecule has 2 N–H and O–H groups in total. The summed E-state index contributed by atoms with van der Waals surface area (Å²) in [6, 6.07) is 5.13. The van der Waals surface area contributed by atoms with Gasteiger partial charge < -0.3 is 0 Å². The summed E-state index contributed by atoms with van der Waals surface area (Å²) in [7, 11) is -3.62. The summed E-state index contributed by atoms with van der Waals surface area (Å²) in [6.45, 7) is 3.44. The summed E-state index contributed by atoms with van der Waals surface area (Å²) >= 11 is 0. The van der Waals surface area contributed by atoms with Crippen molar-refractivity contribution in [2.75, 3.05) is 4.72 Å². The van der Waals surface area contributed by atoms with Gasteiger partial charge in [0.15, 0.2) is 0 Å². The van der Waals surface area contributed by atoms with E-state index in [1.165, 1.54) is 6.20 Å². The number of H-pyrrole nitrogens is 1. The zero-order valence-corrected chi connectivity index (χ0v) is 10.2. The molecule has 0 saturated carbocycles. The molecule has 0 saturated heterocycles. The number of hydrogen-bond acceptors (Lipinski definition) is 4. The number of pyridine rings is 1. The van der Waals surface area contributed by atoms with Gasteiger partial charge >= 0.3 is 0 Å². The van der Waals surface area contributed by atoms with Crippen molar-refractivity contribution in [3.05, 3.63) is 35.8 Å². The standard InChI is InChI=1S/C10H12N4O2S/c1-7-4-3-5-10(12-7)14-17(15,16)9-6-11-13-8(9)2/h3-6H,1-2H3,(H,11,13)(H,12,14). The molecule has 2 rings (SSSR count). The lowest BCUT2D eigenvalue weighted by molar-refractivity contribution is 0.600. The second-order valence-corrected chi connectivity index (χ2v) is 5.28. The molecule has 0 aliphatic carbocycles. The minimum Gasteiger partial charge on any atom is -0.281 e. The molecule has 0 bridgehead atoms. The van der Waals surface area contributed by atoms with Crippen LogP contribution >= 0.6 is 0 Å². The summed E-state index contributed by atoms with van der Waals surface area (Å²) in [4.78, 5) is 4.20. The maximum absolute atomic E-state index is 12.0. The number of hydrogen-bond donors (Lipinski definition) is 2. The average Bonchev–Trinajstić information content (AvgIpc) is 2.64. The van der Waals surface area contributed by atoms with Crippen molar-refractivity contribution in [1.82, 2.24) is 15.2 Å². The van der Waals surface area contributed by atoms with Crippen LogP contribution in [0.2, 0.25) is 0 Å². The van der Waals surface area contributed by atoms with Crippen molar-refractivity contribution in [2.45, 2.75) is 18.7 Å². The topological polar surface area (TPSA) is 87.7 Å². The molecule has 0 aliphatic rings. The fourth-order valence-electron chi connectivity index (χ4n) is 1.40. The zero-order chi connectivity index (χ0) is 12.5. The van der Waals surface area contributed by atoms with Gasteiger partial charge in [0.1, 0.15) is 10.7 Å². The lowest BCUT2D eigenvalue weighted by atomic mass is 10.4. The van der Waals surface area contributed by atoms with Crippen molar-refractivity contribution in [1.29, 1.82) is 0 Å². The molecule has 0 amide bonds. The summed E-state index contributed by atoms with van der Waals surface area (Å²) < 4.78 is 26.4. The minimum absolute atomic E-state index is 0.126. The van der Waals surface area contributed by atoms with Gasteiger partial charge in [0.2, 0.25) is 0 Å². The molecule has 0 radical (unpaired) electrons. The zero-order valence-electron chi connectivity index (χ0n) is 9.43. The summed E-state index contributed by atoms with van der Waals surface area (Å²) in [6.07, 6.45) is 1.27. The fourth-order valence-corrected chi connectivity index (χ4v) is 2.54. The number of nitrogens with zero attached hydrogens (tertiary/aromatic N) is 2. The van der Waals surface area contributed by atoms with Crippen molar-refractivity contribution < 1.29 is 8.42 Å². The van der Waals surface area contributed by atoms with Gasteiger partial charge in [-0.15, -0.1) is 0 Å². The number of sulfonamides is 1. The third-order valence-electron chi connectivity index (χ3n) is 2.20. The first-order chi connectivity index (χ1) is 7.99. The van der Waals surface area contributed by atoms with Gasteiger partial charge in [-0.1, -0.05) is 6.07 Å². The van der Waals surface area contributed by atoms with Crippen LogP contribution in [0.4, 0.5) is 5.82 Å². The van der Waals surface area contributed by atoms with Crippen LogP contribution in [0.25, 0.3) is 0 Å². The van der Waals surface area contributed by atoms with Gasteiger partial charge in [-0.2, -0.15) is 5.10 Å². The normalized spacial score (nSPS) is 11.4. The Labute approximate surface area is 99.1 Å². The molecule has 2 aromatic heterocycles.